The minimum atomic E-state index is 0.806. The van der Waals surface area contributed by atoms with Gasteiger partial charge in [-0.15, -0.1) is 0 Å². The van der Waals surface area contributed by atoms with Crippen LogP contribution in [0.4, 0.5) is 0 Å². The summed E-state index contributed by atoms with van der Waals surface area (Å²) in [5.74, 6) is 0.806. The molecule has 0 bridgehead atoms. The Bertz CT molecular complexity index is 420. The van der Waals surface area contributed by atoms with Gasteiger partial charge in [-0.2, -0.15) is 0 Å². The molecule has 0 saturated heterocycles. The van der Waals surface area contributed by atoms with E-state index in [9.17, 15) is 0 Å². The third-order valence-electron chi connectivity index (χ3n) is 2.56. The van der Waals surface area contributed by atoms with Crippen molar-refractivity contribution >= 4 is 0 Å². The highest BCUT2D eigenvalue weighted by atomic mass is 14.9. The zero-order valence-electron chi connectivity index (χ0n) is 9.56. The van der Waals surface area contributed by atoms with Crippen LogP contribution in [0, 0.1) is 0 Å². The van der Waals surface area contributed by atoms with E-state index in [2.05, 4.69) is 16.9 Å². The largest absolute Gasteiger partial charge is 0.236 e. The molecule has 1 aromatic carbocycles. The molecule has 0 unspecified atom stereocenters. The van der Waals surface area contributed by atoms with Gasteiger partial charge in [0, 0.05) is 18.0 Å². The van der Waals surface area contributed by atoms with E-state index < -0.39 is 0 Å². The molecule has 16 heavy (non-hydrogen) atoms. The van der Waals surface area contributed by atoms with E-state index in [0.29, 0.717) is 0 Å². The van der Waals surface area contributed by atoms with E-state index in [4.69, 9.17) is 0 Å². The van der Waals surface area contributed by atoms with Crippen LogP contribution in [0.3, 0.4) is 0 Å². The average Bonchev–Trinajstić information content (AvgIpc) is 2.38. The van der Waals surface area contributed by atoms with Crippen molar-refractivity contribution in [2.45, 2.75) is 26.2 Å². The second-order valence-corrected chi connectivity index (χ2v) is 3.88. The molecule has 2 heteroatoms. The van der Waals surface area contributed by atoms with Gasteiger partial charge in [-0.25, -0.2) is 9.97 Å². The van der Waals surface area contributed by atoms with Gasteiger partial charge in [-0.1, -0.05) is 43.7 Å². The third-order valence-corrected chi connectivity index (χ3v) is 2.56. The van der Waals surface area contributed by atoms with Gasteiger partial charge in [0.25, 0.3) is 0 Å². The molecule has 0 aliphatic carbocycles. The molecule has 2 aromatic rings. The summed E-state index contributed by atoms with van der Waals surface area (Å²) in [6.45, 7) is 2.19. The Morgan fingerprint density at radius 1 is 1.00 bits per heavy atom. The maximum Gasteiger partial charge on any atom is 0.159 e. The molecule has 0 aliphatic rings. The van der Waals surface area contributed by atoms with Crippen molar-refractivity contribution in [2.24, 2.45) is 0 Å². The Hall–Kier alpha value is -1.70. The molecule has 1 heterocycles. The number of unbranched alkanes of at least 4 members (excludes halogenated alkanes) is 1. The van der Waals surface area contributed by atoms with Gasteiger partial charge in [0.15, 0.2) is 5.82 Å². The Balaban J connectivity index is 2.13. The van der Waals surface area contributed by atoms with Crippen LogP contribution in [0.25, 0.3) is 11.4 Å². The van der Waals surface area contributed by atoms with Crippen molar-refractivity contribution in [1.82, 2.24) is 9.97 Å². The van der Waals surface area contributed by atoms with E-state index >= 15 is 0 Å². The molecule has 0 N–H and O–H groups in total. The van der Waals surface area contributed by atoms with Crippen LogP contribution in [0.5, 0.6) is 0 Å². The number of benzene rings is 1. The quantitative estimate of drug-likeness (QED) is 0.775. The summed E-state index contributed by atoms with van der Waals surface area (Å²) in [5.41, 5.74) is 2.30. The molecule has 0 spiro atoms. The van der Waals surface area contributed by atoms with Gasteiger partial charge in [0.2, 0.25) is 0 Å². The lowest BCUT2D eigenvalue weighted by Gasteiger charge is -2.01. The molecule has 0 saturated carbocycles. The van der Waals surface area contributed by atoms with Gasteiger partial charge < -0.3 is 0 Å². The number of aryl methyl sites for hydroxylation is 1. The van der Waals surface area contributed by atoms with Gasteiger partial charge in [0.1, 0.15) is 0 Å². The van der Waals surface area contributed by atoms with Gasteiger partial charge in [0.05, 0.1) is 0 Å². The maximum atomic E-state index is 4.39. The fraction of sp³-hybridized carbons (Fsp3) is 0.286. The predicted molar refractivity (Wildman–Crippen MR) is 66.1 cm³/mol. The highest BCUT2D eigenvalue weighted by Gasteiger charge is 1.99. The lowest BCUT2D eigenvalue weighted by atomic mass is 10.1. The topological polar surface area (TPSA) is 25.8 Å². The fourth-order valence-electron chi connectivity index (χ4n) is 1.60. The SMILES string of the molecule is CCCCc1cnc(-c2ccccc2)nc1. The molecule has 2 nitrogen and oxygen atoms in total. The summed E-state index contributed by atoms with van der Waals surface area (Å²) < 4.78 is 0. The number of hydrogen-bond acceptors (Lipinski definition) is 2. The van der Waals surface area contributed by atoms with Crippen LogP contribution < -0.4 is 0 Å². The van der Waals surface area contributed by atoms with Crippen molar-refractivity contribution in [3.05, 3.63) is 48.3 Å². The van der Waals surface area contributed by atoms with Crippen molar-refractivity contribution in [3.63, 3.8) is 0 Å². The van der Waals surface area contributed by atoms with E-state index in [0.717, 1.165) is 17.8 Å². The highest BCUT2D eigenvalue weighted by molar-refractivity contribution is 5.53. The van der Waals surface area contributed by atoms with Crippen LogP contribution >= 0.6 is 0 Å². The predicted octanol–water partition coefficient (Wildman–Crippen LogP) is 3.49. The summed E-state index contributed by atoms with van der Waals surface area (Å²) in [7, 11) is 0. The molecule has 0 fully saturated rings. The van der Waals surface area contributed by atoms with Crippen molar-refractivity contribution in [1.29, 1.82) is 0 Å². The summed E-state index contributed by atoms with van der Waals surface area (Å²) >= 11 is 0. The molecule has 82 valence electrons. The van der Waals surface area contributed by atoms with Crippen LogP contribution in [-0.2, 0) is 6.42 Å². The van der Waals surface area contributed by atoms with Gasteiger partial charge >= 0.3 is 0 Å². The zero-order valence-corrected chi connectivity index (χ0v) is 9.56. The molecule has 2 rings (SSSR count). The van der Waals surface area contributed by atoms with Crippen molar-refractivity contribution < 1.29 is 0 Å². The summed E-state index contributed by atoms with van der Waals surface area (Å²) in [6, 6.07) is 10.1. The fourth-order valence-corrected chi connectivity index (χ4v) is 1.60. The number of hydrogen-bond donors (Lipinski definition) is 0. The van der Waals surface area contributed by atoms with Gasteiger partial charge in [-0.3, -0.25) is 0 Å². The lowest BCUT2D eigenvalue weighted by molar-refractivity contribution is 0.788. The Kier molecular flexibility index (Phi) is 3.65. The first-order valence-electron chi connectivity index (χ1n) is 5.76. The summed E-state index contributed by atoms with van der Waals surface area (Å²) in [5, 5.41) is 0. The van der Waals surface area contributed by atoms with Crippen LogP contribution in [-0.4, -0.2) is 9.97 Å². The Labute approximate surface area is 96.4 Å². The van der Waals surface area contributed by atoms with E-state index in [1.807, 2.05) is 42.7 Å². The van der Waals surface area contributed by atoms with Crippen molar-refractivity contribution in [3.8, 4) is 11.4 Å². The molecule has 0 radical (unpaired) electrons. The molecule has 0 amide bonds. The normalized spacial score (nSPS) is 10.3. The molecule has 0 aliphatic heterocycles. The van der Waals surface area contributed by atoms with Crippen LogP contribution in [0.2, 0.25) is 0 Å². The molecular formula is C14H16N2. The van der Waals surface area contributed by atoms with Crippen LogP contribution in [0.15, 0.2) is 42.7 Å². The highest BCUT2D eigenvalue weighted by Crippen LogP contribution is 2.13. The van der Waals surface area contributed by atoms with E-state index in [-0.39, 0.29) is 0 Å². The Morgan fingerprint density at radius 3 is 2.31 bits per heavy atom. The standard InChI is InChI=1S/C14H16N2/c1-2-3-7-12-10-15-14(16-11-12)13-8-5-4-6-9-13/h4-6,8-11H,2-3,7H2,1H3. The smallest absolute Gasteiger partial charge is 0.159 e. The maximum absolute atomic E-state index is 4.39. The second-order valence-electron chi connectivity index (χ2n) is 3.88. The van der Waals surface area contributed by atoms with Gasteiger partial charge in [-0.05, 0) is 18.4 Å². The Morgan fingerprint density at radius 2 is 1.69 bits per heavy atom. The zero-order chi connectivity index (χ0) is 11.2. The number of nitrogens with zero attached hydrogens (tertiary/aromatic N) is 2. The lowest BCUT2D eigenvalue weighted by Crippen LogP contribution is -1.92. The summed E-state index contributed by atoms with van der Waals surface area (Å²) in [6.07, 6.45) is 7.36. The first kappa shape index (κ1) is 10.8. The van der Waals surface area contributed by atoms with E-state index in [1.54, 1.807) is 0 Å². The van der Waals surface area contributed by atoms with Crippen molar-refractivity contribution in [2.75, 3.05) is 0 Å². The number of aromatic nitrogens is 2. The summed E-state index contributed by atoms with van der Waals surface area (Å²) in [4.78, 5) is 8.78. The van der Waals surface area contributed by atoms with E-state index in [1.165, 1.54) is 18.4 Å². The first-order valence-corrected chi connectivity index (χ1v) is 5.76. The minimum absolute atomic E-state index is 0.806. The molecular weight excluding hydrogens is 196 g/mol. The number of rotatable bonds is 4. The molecule has 1 aromatic heterocycles. The first-order chi connectivity index (χ1) is 7.90. The molecule has 0 atom stereocenters. The average molecular weight is 212 g/mol. The van der Waals surface area contributed by atoms with Crippen LogP contribution in [0.1, 0.15) is 25.3 Å². The monoisotopic (exact) mass is 212 g/mol. The third kappa shape index (κ3) is 2.66. The minimum Gasteiger partial charge on any atom is -0.236 e. The second kappa shape index (κ2) is 5.40.